The molecule has 1 unspecified atom stereocenters. The summed E-state index contributed by atoms with van der Waals surface area (Å²) < 4.78 is 10.5. The molecule has 1 fully saturated rings. The standard InChI is InChI=1S/C15H25N3O3/c1-20-14-9-11(12(16)10-15(14)21-2)13(19)3-6-18-7-4-17-5-8-18/h9-10,13,17,19H,3-8,16H2,1-2H3. The molecule has 1 aliphatic rings. The van der Waals surface area contributed by atoms with E-state index >= 15 is 0 Å². The highest BCUT2D eigenvalue weighted by Crippen LogP contribution is 2.35. The van der Waals surface area contributed by atoms with Crippen molar-refractivity contribution in [3.63, 3.8) is 0 Å². The van der Waals surface area contributed by atoms with Gasteiger partial charge in [0.1, 0.15) is 0 Å². The number of benzene rings is 1. The Kier molecular flexibility index (Phi) is 5.67. The Hall–Kier alpha value is -1.50. The largest absolute Gasteiger partial charge is 0.493 e. The molecule has 1 heterocycles. The first kappa shape index (κ1) is 15.9. The van der Waals surface area contributed by atoms with E-state index in [0.717, 1.165) is 32.7 Å². The molecule has 118 valence electrons. The Labute approximate surface area is 125 Å². The molecule has 0 saturated carbocycles. The summed E-state index contributed by atoms with van der Waals surface area (Å²) in [6.45, 7) is 4.92. The van der Waals surface area contributed by atoms with Gasteiger partial charge in [-0.2, -0.15) is 0 Å². The minimum Gasteiger partial charge on any atom is -0.493 e. The van der Waals surface area contributed by atoms with E-state index < -0.39 is 6.10 Å². The van der Waals surface area contributed by atoms with Crippen LogP contribution in [0.2, 0.25) is 0 Å². The number of aliphatic hydroxyl groups excluding tert-OH is 1. The van der Waals surface area contributed by atoms with Crippen LogP contribution in [0.1, 0.15) is 18.1 Å². The van der Waals surface area contributed by atoms with E-state index in [-0.39, 0.29) is 0 Å². The predicted octanol–water partition coefficient (Wildman–Crippen LogP) is 0.615. The van der Waals surface area contributed by atoms with Crippen molar-refractivity contribution in [2.75, 3.05) is 52.7 Å². The zero-order chi connectivity index (χ0) is 15.2. The first-order valence-corrected chi connectivity index (χ1v) is 7.28. The number of hydrogen-bond acceptors (Lipinski definition) is 6. The smallest absolute Gasteiger partial charge is 0.162 e. The second-order valence-corrected chi connectivity index (χ2v) is 5.23. The summed E-state index contributed by atoms with van der Waals surface area (Å²) in [5.41, 5.74) is 7.24. The van der Waals surface area contributed by atoms with Crippen LogP contribution in [-0.4, -0.2) is 56.9 Å². The number of nitrogens with two attached hydrogens (primary N) is 1. The summed E-state index contributed by atoms with van der Waals surface area (Å²) in [6.07, 6.45) is 0.0550. The summed E-state index contributed by atoms with van der Waals surface area (Å²) in [7, 11) is 3.14. The Bertz CT molecular complexity index is 462. The van der Waals surface area contributed by atoms with Gasteiger partial charge in [0.05, 0.1) is 20.3 Å². The highest BCUT2D eigenvalue weighted by atomic mass is 16.5. The van der Waals surface area contributed by atoms with E-state index in [2.05, 4.69) is 10.2 Å². The molecule has 2 rings (SSSR count). The van der Waals surface area contributed by atoms with Gasteiger partial charge in [-0.05, 0) is 12.5 Å². The fourth-order valence-electron chi connectivity index (χ4n) is 2.59. The molecule has 6 nitrogen and oxygen atoms in total. The summed E-state index contributed by atoms with van der Waals surface area (Å²) in [6, 6.07) is 3.46. The number of methoxy groups -OCH3 is 2. The molecule has 21 heavy (non-hydrogen) atoms. The molecule has 0 bridgehead atoms. The van der Waals surface area contributed by atoms with Crippen LogP contribution in [0.15, 0.2) is 12.1 Å². The summed E-state index contributed by atoms with van der Waals surface area (Å²) in [4.78, 5) is 2.34. The summed E-state index contributed by atoms with van der Waals surface area (Å²) >= 11 is 0. The zero-order valence-corrected chi connectivity index (χ0v) is 12.8. The molecular weight excluding hydrogens is 270 g/mol. The number of nitrogens with one attached hydrogen (secondary N) is 1. The topological polar surface area (TPSA) is 80.0 Å². The maximum Gasteiger partial charge on any atom is 0.162 e. The number of hydrogen-bond donors (Lipinski definition) is 3. The molecule has 0 radical (unpaired) electrons. The lowest BCUT2D eigenvalue weighted by atomic mass is 10.0. The van der Waals surface area contributed by atoms with Gasteiger partial charge in [0.2, 0.25) is 0 Å². The minimum atomic E-state index is -0.598. The number of ether oxygens (including phenoxy) is 2. The molecule has 0 amide bonds. The Balaban J connectivity index is 2.02. The highest BCUT2D eigenvalue weighted by Gasteiger charge is 2.17. The zero-order valence-electron chi connectivity index (χ0n) is 12.8. The van der Waals surface area contributed by atoms with E-state index in [1.807, 2.05) is 0 Å². The van der Waals surface area contributed by atoms with E-state index in [0.29, 0.717) is 29.2 Å². The normalized spacial score (nSPS) is 17.5. The number of nitrogen functional groups attached to an aromatic ring is 1. The average Bonchev–Trinajstić information content (AvgIpc) is 2.53. The number of anilines is 1. The van der Waals surface area contributed by atoms with Crippen LogP contribution < -0.4 is 20.5 Å². The molecule has 4 N–H and O–H groups in total. The SMILES string of the molecule is COc1cc(N)c(C(O)CCN2CCNCC2)cc1OC. The van der Waals surface area contributed by atoms with E-state index in [9.17, 15) is 5.11 Å². The lowest BCUT2D eigenvalue weighted by Crippen LogP contribution is -2.44. The Morgan fingerprint density at radius 2 is 1.86 bits per heavy atom. The molecule has 1 aromatic carbocycles. The summed E-state index contributed by atoms with van der Waals surface area (Å²) in [5.74, 6) is 1.16. The molecular formula is C15H25N3O3. The lowest BCUT2D eigenvalue weighted by Gasteiger charge is -2.28. The van der Waals surface area contributed by atoms with E-state index in [1.54, 1.807) is 26.4 Å². The van der Waals surface area contributed by atoms with Crippen LogP contribution in [0.25, 0.3) is 0 Å². The fraction of sp³-hybridized carbons (Fsp3) is 0.600. The highest BCUT2D eigenvalue weighted by molar-refractivity contribution is 5.58. The van der Waals surface area contributed by atoms with Gasteiger partial charge in [-0.25, -0.2) is 0 Å². The third-order valence-corrected chi connectivity index (χ3v) is 3.88. The molecule has 0 aliphatic carbocycles. The van der Waals surface area contributed by atoms with Gasteiger partial charge < -0.3 is 30.5 Å². The Morgan fingerprint density at radius 3 is 2.48 bits per heavy atom. The van der Waals surface area contributed by atoms with Crippen molar-refractivity contribution in [3.8, 4) is 11.5 Å². The van der Waals surface area contributed by atoms with Crippen LogP contribution in [0.3, 0.4) is 0 Å². The second kappa shape index (κ2) is 7.49. The van der Waals surface area contributed by atoms with Gasteiger partial charge in [-0.3, -0.25) is 0 Å². The van der Waals surface area contributed by atoms with Crippen molar-refractivity contribution < 1.29 is 14.6 Å². The van der Waals surface area contributed by atoms with Crippen molar-refractivity contribution in [2.24, 2.45) is 0 Å². The quantitative estimate of drug-likeness (QED) is 0.668. The molecule has 1 atom stereocenters. The van der Waals surface area contributed by atoms with Gasteiger partial charge in [-0.15, -0.1) is 0 Å². The minimum absolute atomic E-state index is 0.528. The van der Waals surface area contributed by atoms with Crippen LogP contribution in [0.4, 0.5) is 5.69 Å². The van der Waals surface area contributed by atoms with Gasteiger partial charge >= 0.3 is 0 Å². The molecule has 0 spiro atoms. The second-order valence-electron chi connectivity index (χ2n) is 5.23. The van der Waals surface area contributed by atoms with Gasteiger partial charge in [0.25, 0.3) is 0 Å². The van der Waals surface area contributed by atoms with Crippen LogP contribution in [-0.2, 0) is 0 Å². The first-order valence-electron chi connectivity index (χ1n) is 7.28. The monoisotopic (exact) mass is 295 g/mol. The van der Waals surface area contributed by atoms with Crippen molar-refractivity contribution in [2.45, 2.75) is 12.5 Å². The Morgan fingerprint density at radius 1 is 1.24 bits per heavy atom. The van der Waals surface area contributed by atoms with Gasteiger partial charge in [0, 0.05) is 50.0 Å². The third-order valence-electron chi connectivity index (χ3n) is 3.88. The van der Waals surface area contributed by atoms with E-state index in [1.165, 1.54) is 0 Å². The molecule has 1 aliphatic heterocycles. The van der Waals surface area contributed by atoms with E-state index in [4.69, 9.17) is 15.2 Å². The molecule has 1 saturated heterocycles. The molecule has 0 aromatic heterocycles. The van der Waals surface area contributed by atoms with Gasteiger partial charge in [-0.1, -0.05) is 0 Å². The third kappa shape index (κ3) is 4.00. The van der Waals surface area contributed by atoms with Crippen LogP contribution in [0.5, 0.6) is 11.5 Å². The number of piperazine rings is 1. The van der Waals surface area contributed by atoms with Crippen LogP contribution in [0, 0.1) is 0 Å². The molecule has 1 aromatic rings. The fourth-order valence-corrected chi connectivity index (χ4v) is 2.59. The van der Waals surface area contributed by atoms with Crippen molar-refractivity contribution in [3.05, 3.63) is 17.7 Å². The van der Waals surface area contributed by atoms with Crippen molar-refractivity contribution in [1.29, 1.82) is 0 Å². The van der Waals surface area contributed by atoms with Crippen molar-refractivity contribution >= 4 is 5.69 Å². The first-order chi connectivity index (χ1) is 10.2. The maximum atomic E-state index is 10.4. The average molecular weight is 295 g/mol. The number of aliphatic hydroxyl groups is 1. The number of nitrogens with zero attached hydrogens (tertiary/aromatic N) is 1. The van der Waals surface area contributed by atoms with Crippen LogP contribution >= 0.6 is 0 Å². The van der Waals surface area contributed by atoms with Crippen molar-refractivity contribution in [1.82, 2.24) is 10.2 Å². The molecule has 6 heteroatoms. The predicted molar refractivity (Wildman–Crippen MR) is 82.8 cm³/mol. The summed E-state index contributed by atoms with van der Waals surface area (Å²) in [5, 5.41) is 13.7. The number of rotatable bonds is 6. The van der Waals surface area contributed by atoms with Gasteiger partial charge in [0.15, 0.2) is 11.5 Å². The lowest BCUT2D eigenvalue weighted by molar-refractivity contribution is 0.137. The maximum absolute atomic E-state index is 10.4.